The normalized spacial score (nSPS) is 11.8. The largest absolute Gasteiger partial charge is 0.291 e. The van der Waals surface area contributed by atoms with E-state index in [1.54, 1.807) is 0 Å². The van der Waals surface area contributed by atoms with E-state index in [-0.39, 0.29) is 0 Å². The Kier molecular flexibility index (Phi) is 9.41. The number of aromatic nitrogens is 4. The van der Waals surface area contributed by atoms with Gasteiger partial charge in [0.15, 0.2) is 0 Å². The predicted molar refractivity (Wildman–Crippen MR) is 210 cm³/mol. The van der Waals surface area contributed by atoms with Crippen molar-refractivity contribution in [2.75, 3.05) is 0 Å². The lowest BCUT2D eigenvalue weighted by atomic mass is 10.0. The van der Waals surface area contributed by atoms with Gasteiger partial charge in [0.25, 0.3) is 11.6 Å². The van der Waals surface area contributed by atoms with Gasteiger partial charge < -0.3 is 0 Å². The molecule has 2 aromatic heterocycles. The van der Waals surface area contributed by atoms with Gasteiger partial charge in [0, 0.05) is 12.2 Å². The summed E-state index contributed by atoms with van der Waals surface area (Å²) in [6, 6.07) is 18.2. The minimum absolute atomic E-state index is 1.10. The Bertz CT molecular complexity index is 1930. The number of hydrogen-bond donors (Lipinski definition) is 0. The monoisotopic (exact) mass is 660 g/mol. The van der Waals surface area contributed by atoms with Crippen LogP contribution in [0.4, 0.5) is 0 Å². The maximum atomic E-state index is 2.34. The Morgan fingerprint density at radius 1 is 0.380 bits per heavy atom. The number of nitrogens with zero attached hydrogens (tertiary/aromatic N) is 4. The van der Waals surface area contributed by atoms with E-state index in [0.29, 0.717) is 0 Å². The molecule has 6 aromatic rings. The molecule has 2 heterocycles. The number of rotatable bonds is 7. The van der Waals surface area contributed by atoms with Crippen LogP contribution < -0.4 is 9.13 Å². The van der Waals surface area contributed by atoms with Crippen LogP contribution in [0.2, 0.25) is 0 Å². The van der Waals surface area contributed by atoms with E-state index in [1.807, 2.05) is 0 Å². The van der Waals surface area contributed by atoms with Crippen molar-refractivity contribution in [1.29, 1.82) is 0 Å². The topological polar surface area (TPSA) is 17.6 Å². The van der Waals surface area contributed by atoms with Crippen LogP contribution in [0.3, 0.4) is 0 Å². The molecule has 0 unspecified atom stereocenters. The predicted octanol–water partition coefficient (Wildman–Crippen LogP) is 10.2. The molecule has 0 saturated carbocycles. The molecule has 0 amide bonds. The van der Waals surface area contributed by atoms with E-state index >= 15 is 0 Å². The van der Waals surface area contributed by atoms with Crippen LogP contribution in [0.15, 0.2) is 85.5 Å². The molecule has 0 N–H and O–H groups in total. The average Bonchev–Trinajstić information content (AvgIpc) is 3.57. The summed E-state index contributed by atoms with van der Waals surface area (Å²) in [5.41, 5.74) is 20.1. The molecular weight excluding hydrogens is 609 g/mol. The summed E-state index contributed by atoms with van der Waals surface area (Å²) in [5.74, 6) is 2.19. The number of hydrogen-bond acceptors (Lipinski definition) is 0. The smallest absolute Gasteiger partial charge is 0.195 e. The lowest BCUT2D eigenvalue weighted by molar-refractivity contribution is -0.598. The number of aryl methyl sites for hydroxylation is 12. The minimum Gasteiger partial charge on any atom is -0.195 e. The molecule has 0 bridgehead atoms. The van der Waals surface area contributed by atoms with E-state index in [0.717, 1.165) is 11.6 Å². The van der Waals surface area contributed by atoms with Gasteiger partial charge in [-0.2, -0.15) is 18.3 Å². The van der Waals surface area contributed by atoms with Gasteiger partial charge >= 0.3 is 0 Å². The number of imidazole rings is 2. The zero-order valence-corrected chi connectivity index (χ0v) is 32.0. The van der Waals surface area contributed by atoms with Crippen LogP contribution in [0.1, 0.15) is 78.4 Å². The molecule has 0 radical (unpaired) electrons. The average molecular weight is 661 g/mol. The molecule has 4 aromatic carbocycles. The second-order valence-corrected chi connectivity index (χ2v) is 14.5. The summed E-state index contributed by atoms with van der Waals surface area (Å²) < 4.78 is 9.37. The Labute approximate surface area is 299 Å². The molecule has 0 aliphatic heterocycles. The molecule has 0 saturated heterocycles. The minimum atomic E-state index is 1.10. The Balaban J connectivity index is 1.53. The summed E-state index contributed by atoms with van der Waals surface area (Å²) in [6.45, 7) is 26.4. The molecule has 254 valence electrons. The van der Waals surface area contributed by atoms with Crippen LogP contribution >= 0.6 is 0 Å². The second-order valence-electron chi connectivity index (χ2n) is 14.5. The fourth-order valence-electron chi connectivity index (χ4n) is 8.37. The third-order valence-electron chi connectivity index (χ3n) is 9.82. The zero-order valence-electron chi connectivity index (χ0n) is 32.0. The molecule has 0 spiro atoms. The van der Waals surface area contributed by atoms with Crippen LogP contribution in [0.5, 0.6) is 0 Å². The molecule has 0 fully saturated rings. The third kappa shape index (κ3) is 6.43. The van der Waals surface area contributed by atoms with E-state index in [9.17, 15) is 0 Å². The Morgan fingerprint density at radius 2 is 0.640 bits per heavy atom. The van der Waals surface area contributed by atoms with Gasteiger partial charge in [0.05, 0.1) is 0 Å². The van der Waals surface area contributed by atoms with Crippen molar-refractivity contribution in [3.8, 4) is 22.7 Å². The molecule has 4 heteroatoms. The second kappa shape index (κ2) is 13.6. The van der Waals surface area contributed by atoms with Crippen molar-refractivity contribution < 1.29 is 9.13 Å². The van der Waals surface area contributed by atoms with Crippen molar-refractivity contribution in [1.82, 2.24) is 9.13 Å². The molecule has 50 heavy (non-hydrogen) atoms. The fourth-order valence-corrected chi connectivity index (χ4v) is 8.37. The van der Waals surface area contributed by atoms with Gasteiger partial charge in [-0.1, -0.05) is 82.9 Å². The van der Waals surface area contributed by atoms with Crippen LogP contribution in [-0.4, -0.2) is 9.13 Å². The van der Waals surface area contributed by atoms with E-state index in [2.05, 4.69) is 199 Å². The highest BCUT2D eigenvalue weighted by Crippen LogP contribution is 2.27. The highest BCUT2D eigenvalue weighted by Gasteiger charge is 2.25. The lowest BCUT2D eigenvalue weighted by Crippen LogP contribution is -2.35. The SMILES string of the molecule is Cc1cc(C)c(-n2cc[n+](-c3c(C)cc(C)cc3C)c2/C=C/C=C/c2n(-c3c(C)cc(C)cc3C)cc[n+]2-c2c(C)cc(C)cc2C)c(C)c1. The Morgan fingerprint density at radius 3 is 0.920 bits per heavy atom. The first kappa shape index (κ1) is 34.6. The zero-order chi connectivity index (χ0) is 36.0. The van der Waals surface area contributed by atoms with Crippen molar-refractivity contribution in [3.05, 3.63) is 164 Å². The summed E-state index contributed by atoms with van der Waals surface area (Å²) in [5, 5.41) is 0. The molecule has 0 atom stereocenters. The molecule has 4 nitrogen and oxygen atoms in total. The third-order valence-corrected chi connectivity index (χ3v) is 9.82. The van der Waals surface area contributed by atoms with Crippen LogP contribution in [-0.2, 0) is 0 Å². The molecule has 6 rings (SSSR count). The summed E-state index contributed by atoms with van der Waals surface area (Å²) >= 11 is 0. The van der Waals surface area contributed by atoms with Crippen molar-refractivity contribution in [2.24, 2.45) is 0 Å². The van der Waals surface area contributed by atoms with E-state index in [1.165, 1.54) is 89.5 Å². The van der Waals surface area contributed by atoms with Crippen LogP contribution in [0.25, 0.3) is 34.9 Å². The van der Waals surface area contributed by atoms with Gasteiger partial charge in [-0.05, 0) is 128 Å². The Hall–Kier alpha value is -5.22. The quantitative estimate of drug-likeness (QED) is 0.120. The lowest BCUT2D eigenvalue weighted by Gasteiger charge is -2.12. The highest BCUT2D eigenvalue weighted by atomic mass is 15.2. The van der Waals surface area contributed by atoms with Gasteiger partial charge in [-0.3, -0.25) is 0 Å². The maximum Gasteiger partial charge on any atom is 0.291 e. The summed E-state index contributed by atoms with van der Waals surface area (Å²) in [7, 11) is 0. The number of benzene rings is 4. The van der Waals surface area contributed by atoms with Crippen molar-refractivity contribution in [3.63, 3.8) is 0 Å². The van der Waals surface area contributed by atoms with Gasteiger partial charge in [0.1, 0.15) is 47.5 Å². The van der Waals surface area contributed by atoms with Gasteiger partial charge in [0.2, 0.25) is 0 Å². The van der Waals surface area contributed by atoms with E-state index < -0.39 is 0 Å². The standard InChI is InChI=1S/C46H52N4/c1-29-21-33(5)43(34(6)22-29)47-17-18-48(44-35(7)23-30(2)24-36(44)8)41(47)15-13-14-16-42-49(45-37(9)25-31(3)26-38(45)10)19-20-50(42)46-39(11)27-32(4)28-40(46)12/h13-28H,1-12H3/q+2. The first-order chi connectivity index (χ1) is 23.7. The fraction of sp³-hybridized carbons (Fsp3) is 0.261. The summed E-state index contributed by atoms with van der Waals surface area (Å²) in [4.78, 5) is 0. The van der Waals surface area contributed by atoms with Crippen LogP contribution in [0, 0.1) is 83.1 Å². The first-order valence-electron chi connectivity index (χ1n) is 17.7. The molecule has 0 aliphatic carbocycles. The van der Waals surface area contributed by atoms with Crippen molar-refractivity contribution in [2.45, 2.75) is 83.1 Å². The van der Waals surface area contributed by atoms with Gasteiger partial charge in [-0.15, -0.1) is 0 Å². The summed E-state index contributed by atoms with van der Waals surface area (Å²) in [6.07, 6.45) is 17.7. The highest BCUT2D eigenvalue weighted by molar-refractivity contribution is 5.58. The van der Waals surface area contributed by atoms with E-state index in [4.69, 9.17) is 0 Å². The molecular formula is C46H52N4+2. The van der Waals surface area contributed by atoms with Crippen molar-refractivity contribution >= 4 is 12.2 Å². The first-order valence-corrected chi connectivity index (χ1v) is 17.7. The maximum absolute atomic E-state index is 2.34. The molecule has 0 aliphatic rings. The van der Waals surface area contributed by atoms with Gasteiger partial charge in [-0.25, -0.2) is 0 Å². The number of allylic oxidation sites excluding steroid dienone is 2.